The number of aliphatic hydroxyl groups is 10. The maximum atomic E-state index is 13.3. The molecule has 4 aliphatic heterocycles. The number of esters is 2. The second kappa shape index (κ2) is 20.6. The van der Waals surface area contributed by atoms with Crippen molar-refractivity contribution in [3.05, 3.63) is 35.8 Å². The predicted octanol–water partition coefficient (Wildman–Crippen LogP) is -1.65. The molecule has 10 N–H and O–H groups in total. The van der Waals surface area contributed by atoms with Gasteiger partial charge in [0.25, 0.3) is 0 Å². The first kappa shape index (κ1) is 48.7. The first-order chi connectivity index (χ1) is 29.4. The number of ether oxygens (including phenoxy) is 8. The van der Waals surface area contributed by atoms with Gasteiger partial charge in [0.05, 0.1) is 73.6 Å². The fraction of sp³-hybridized carbons (Fsp3) is 0.810. The Balaban J connectivity index is 0.922. The molecular weight excluding hydrogens is 824 g/mol. The number of aliphatic hydroxyl groups excluding tert-OH is 9. The molecule has 0 amide bonds. The molecular formula is C42H64O20. The zero-order chi connectivity index (χ0) is 45.2. The molecule has 62 heavy (non-hydrogen) atoms. The van der Waals surface area contributed by atoms with Crippen molar-refractivity contribution in [2.45, 2.75) is 151 Å². The van der Waals surface area contributed by atoms with Gasteiger partial charge in [-0.25, -0.2) is 9.59 Å². The zero-order valence-electron chi connectivity index (χ0n) is 35.2. The highest BCUT2D eigenvalue weighted by molar-refractivity contribution is 5.89. The van der Waals surface area contributed by atoms with Crippen LogP contribution < -0.4 is 0 Å². The third kappa shape index (κ3) is 10.3. The van der Waals surface area contributed by atoms with Crippen LogP contribution in [-0.4, -0.2) is 175 Å². The van der Waals surface area contributed by atoms with E-state index in [4.69, 9.17) is 37.9 Å². The van der Waals surface area contributed by atoms with Crippen molar-refractivity contribution in [2.24, 2.45) is 35.5 Å². The Kier molecular flexibility index (Phi) is 16.1. The van der Waals surface area contributed by atoms with Gasteiger partial charge in [-0.15, -0.1) is 0 Å². The molecule has 352 valence electrons. The molecule has 20 heteroatoms. The van der Waals surface area contributed by atoms with E-state index < -0.39 is 135 Å². The molecule has 0 spiro atoms. The summed E-state index contributed by atoms with van der Waals surface area (Å²) in [5.41, 5.74) is -0.566. The van der Waals surface area contributed by atoms with Crippen LogP contribution in [0.3, 0.4) is 0 Å². The molecule has 6 rings (SSSR count). The van der Waals surface area contributed by atoms with E-state index in [2.05, 4.69) is 6.58 Å². The zero-order valence-corrected chi connectivity index (χ0v) is 35.2. The minimum atomic E-state index is -1.68. The highest BCUT2D eigenvalue weighted by Crippen LogP contribution is 2.50. The molecule has 20 atom stereocenters. The largest absolute Gasteiger partial charge is 0.471 e. The molecule has 0 bridgehead atoms. The molecule has 6 aliphatic rings. The third-order valence-corrected chi connectivity index (χ3v) is 13.4. The van der Waals surface area contributed by atoms with Crippen LogP contribution in [0.4, 0.5) is 0 Å². The van der Waals surface area contributed by atoms with Crippen LogP contribution >= 0.6 is 0 Å². The van der Waals surface area contributed by atoms with Gasteiger partial charge < -0.3 is 89.0 Å². The van der Waals surface area contributed by atoms with Gasteiger partial charge in [-0.1, -0.05) is 33.3 Å². The van der Waals surface area contributed by atoms with Crippen LogP contribution in [0.15, 0.2) is 35.8 Å². The van der Waals surface area contributed by atoms with E-state index in [0.29, 0.717) is 24.8 Å². The maximum absolute atomic E-state index is 13.3. The number of rotatable bonds is 17. The van der Waals surface area contributed by atoms with Crippen LogP contribution in [0.2, 0.25) is 0 Å². The minimum absolute atomic E-state index is 0.000366. The molecule has 2 saturated heterocycles. The first-order valence-electron chi connectivity index (χ1n) is 21.4. The SMILES string of the molecule is C=C1[C@H]2[C@H](O[C@@H]3O[C@H](CO)[C@@H](O)[C@H](O)[C@H]3O)OC=C(C(=O)OC[C@@H](C)CCC[C@@H](C)CCOC(=O)C3=CO[C@@H](O[C@@H]4O[C@H](CO)[C@@H](O)[C@H](O)[C@H]4O)[C@H]4[C@@H]3CC[C@]4(C)O)[C@H]2C[C@@H]1O. The molecule has 2 aliphatic carbocycles. The second-order valence-electron chi connectivity index (χ2n) is 18.0. The van der Waals surface area contributed by atoms with Crippen LogP contribution in [0.5, 0.6) is 0 Å². The van der Waals surface area contributed by atoms with Gasteiger partial charge in [0, 0.05) is 11.8 Å². The molecule has 20 nitrogen and oxygen atoms in total. The highest BCUT2D eigenvalue weighted by atomic mass is 16.8. The molecule has 2 saturated carbocycles. The summed E-state index contributed by atoms with van der Waals surface area (Å²) in [6, 6.07) is 0. The summed E-state index contributed by atoms with van der Waals surface area (Å²) in [7, 11) is 0. The van der Waals surface area contributed by atoms with Crippen LogP contribution in [-0.2, 0) is 47.5 Å². The molecule has 0 aromatic heterocycles. The lowest BCUT2D eigenvalue weighted by Gasteiger charge is -2.44. The Bertz CT molecular complexity index is 1620. The number of carbonyl (C=O) groups is 2. The first-order valence-corrected chi connectivity index (χ1v) is 21.4. The summed E-state index contributed by atoms with van der Waals surface area (Å²) in [6.45, 7) is 8.50. The Hall–Kier alpha value is -2.80. The molecule has 4 fully saturated rings. The maximum Gasteiger partial charge on any atom is 0.337 e. The minimum Gasteiger partial charge on any atom is -0.471 e. The topological polar surface area (TPSA) is 310 Å². The van der Waals surface area contributed by atoms with Crippen molar-refractivity contribution in [3.8, 4) is 0 Å². The summed E-state index contributed by atoms with van der Waals surface area (Å²) >= 11 is 0. The summed E-state index contributed by atoms with van der Waals surface area (Å²) in [6.07, 6.45) is -12.3. The fourth-order valence-electron chi connectivity index (χ4n) is 9.42. The average Bonchev–Trinajstić information content (AvgIpc) is 3.73. The van der Waals surface area contributed by atoms with Crippen molar-refractivity contribution < 1.29 is 98.5 Å². The lowest BCUT2D eigenvalue weighted by Crippen LogP contribution is -2.60. The van der Waals surface area contributed by atoms with Crippen molar-refractivity contribution in [1.82, 2.24) is 0 Å². The number of hydrogen-bond acceptors (Lipinski definition) is 20. The van der Waals surface area contributed by atoms with Gasteiger partial charge in [0.15, 0.2) is 12.6 Å². The normalized spacial score (nSPS) is 42.7. The van der Waals surface area contributed by atoms with E-state index in [0.717, 1.165) is 19.3 Å². The van der Waals surface area contributed by atoms with Gasteiger partial charge in [0.1, 0.15) is 48.8 Å². The van der Waals surface area contributed by atoms with Crippen LogP contribution in [0.25, 0.3) is 0 Å². The quantitative estimate of drug-likeness (QED) is 0.0578. The summed E-state index contributed by atoms with van der Waals surface area (Å²) in [5.74, 6) is -3.62. The molecule has 0 radical (unpaired) electrons. The van der Waals surface area contributed by atoms with Crippen LogP contribution in [0.1, 0.15) is 65.7 Å². The van der Waals surface area contributed by atoms with E-state index in [1.807, 2.05) is 13.8 Å². The van der Waals surface area contributed by atoms with E-state index in [-0.39, 0.29) is 42.6 Å². The molecule has 0 aromatic rings. The van der Waals surface area contributed by atoms with Crippen molar-refractivity contribution in [2.75, 3.05) is 26.4 Å². The highest BCUT2D eigenvalue weighted by Gasteiger charge is 2.57. The third-order valence-electron chi connectivity index (χ3n) is 13.4. The van der Waals surface area contributed by atoms with Crippen molar-refractivity contribution >= 4 is 11.9 Å². The molecule has 0 aromatic carbocycles. The lowest BCUT2D eigenvalue weighted by atomic mass is 9.81. The number of carbonyl (C=O) groups excluding carboxylic acids is 2. The van der Waals surface area contributed by atoms with Gasteiger partial charge >= 0.3 is 11.9 Å². The number of hydrogen-bond donors (Lipinski definition) is 10. The second-order valence-corrected chi connectivity index (χ2v) is 18.0. The Morgan fingerprint density at radius 2 is 1.27 bits per heavy atom. The van der Waals surface area contributed by atoms with E-state index in [1.54, 1.807) is 6.92 Å². The van der Waals surface area contributed by atoms with Gasteiger partial charge in [-0.2, -0.15) is 0 Å². The number of fused-ring (bicyclic) bond motifs is 2. The van der Waals surface area contributed by atoms with E-state index in [1.165, 1.54) is 12.5 Å². The smallest absolute Gasteiger partial charge is 0.337 e. The average molecular weight is 889 g/mol. The van der Waals surface area contributed by atoms with Gasteiger partial charge in [-0.3, -0.25) is 0 Å². The Morgan fingerprint density at radius 3 is 1.87 bits per heavy atom. The molecule has 0 unspecified atom stereocenters. The standard InChI is InChI=1S/C42H64O20/c1-18(9-11-55-36(52)23-16-58-39(29-21(23)8-10-42(29,4)54)62-41-35(51)33(49)31(47)27(14-44)60-41)6-5-7-19(2)15-56-37(53)24-17-57-38(28-20(3)25(45)12-22(24)28)61-40-34(50)32(48)30(46)26(13-43)59-40/h16-19,21-22,25-35,38-41,43-51,54H,3,5-15H2,1-2,4H3/t18-,19+,21-,22-,25+,26-,27-,28-,29-,30-,31-,32+,33+,34-,35-,38+,39+,40+,41+,42+/m1/s1. The fourth-order valence-corrected chi connectivity index (χ4v) is 9.42. The predicted molar refractivity (Wildman–Crippen MR) is 208 cm³/mol. The summed E-state index contributed by atoms with van der Waals surface area (Å²) < 4.78 is 45.4. The van der Waals surface area contributed by atoms with Crippen molar-refractivity contribution in [1.29, 1.82) is 0 Å². The Labute approximate surface area is 359 Å². The van der Waals surface area contributed by atoms with E-state index >= 15 is 0 Å². The monoisotopic (exact) mass is 888 g/mol. The summed E-state index contributed by atoms with van der Waals surface area (Å²) in [5, 5.41) is 102. The Morgan fingerprint density at radius 1 is 0.742 bits per heavy atom. The van der Waals surface area contributed by atoms with Crippen molar-refractivity contribution in [3.63, 3.8) is 0 Å². The van der Waals surface area contributed by atoms with Gasteiger partial charge in [-0.05, 0) is 56.4 Å². The van der Waals surface area contributed by atoms with Crippen LogP contribution in [0, 0.1) is 35.5 Å². The van der Waals surface area contributed by atoms with Gasteiger partial charge in [0.2, 0.25) is 12.6 Å². The van der Waals surface area contributed by atoms with E-state index in [9.17, 15) is 60.7 Å². The summed E-state index contributed by atoms with van der Waals surface area (Å²) in [4.78, 5) is 26.6. The lowest BCUT2D eigenvalue weighted by molar-refractivity contribution is -0.346. The molecule has 4 heterocycles.